The fourth-order valence-electron chi connectivity index (χ4n) is 1.59. The van der Waals surface area contributed by atoms with Gasteiger partial charge in [0.05, 0.1) is 0 Å². The first kappa shape index (κ1) is 11.1. The highest BCUT2D eigenvalue weighted by Crippen LogP contribution is 2.14. The van der Waals surface area contributed by atoms with Crippen LogP contribution in [0.2, 0.25) is 0 Å². The van der Waals surface area contributed by atoms with Gasteiger partial charge in [0.2, 0.25) is 5.56 Å². The average molecular weight is 229 g/mol. The number of hydrogen-bond acceptors (Lipinski definition) is 3. The van der Waals surface area contributed by atoms with E-state index in [0.717, 1.165) is 0 Å². The van der Waals surface area contributed by atoms with Crippen LogP contribution in [0.15, 0.2) is 41.2 Å². The van der Waals surface area contributed by atoms with Crippen molar-refractivity contribution < 1.29 is 9.90 Å². The molecule has 2 N–H and O–H groups in total. The first-order chi connectivity index (χ1) is 8.08. The van der Waals surface area contributed by atoms with Crippen molar-refractivity contribution in [1.82, 2.24) is 4.98 Å². The van der Waals surface area contributed by atoms with E-state index in [4.69, 9.17) is 5.11 Å². The molecule has 0 unspecified atom stereocenters. The normalized spacial score (nSPS) is 10.2. The molecule has 0 fully saturated rings. The predicted molar refractivity (Wildman–Crippen MR) is 63.3 cm³/mol. The molecule has 0 bridgehead atoms. The molecule has 1 heterocycles. The van der Waals surface area contributed by atoms with E-state index < -0.39 is 0 Å². The quantitative estimate of drug-likeness (QED) is 0.769. The molecule has 1 aromatic heterocycles. The van der Waals surface area contributed by atoms with E-state index in [-0.39, 0.29) is 17.1 Å². The summed E-state index contributed by atoms with van der Waals surface area (Å²) in [4.78, 5) is 25.7. The van der Waals surface area contributed by atoms with Crippen molar-refractivity contribution in [1.29, 1.82) is 0 Å². The zero-order valence-corrected chi connectivity index (χ0v) is 9.23. The zero-order valence-electron chi connectivity index (χ0n) is 9.23. The molecule has 0 aliphatic carbocycles. The first-order valence-electron chi connectivity index (χ1n) is 5.11. The van der Waals surface area contributed by atoms with Gasteiger partial charge in [-0.2, -0.15) is 0 Å². The molecule has 0 spiro atoms. The third kappa shape index (κ3) is 2.25. The SMILES string of the molecule is Cc1[nH]c(=O)ccc1C(=O)c1ccc(O)cc1. The van der Waals surface area contributed by atoms with Crippen LogP contribution < -0.4 is 5.56 Å². The fourth-order valence-corrected chi connectivity index (χ4v) is 1.59. The van der Waals surface area contributed by atoms with Gasteiger partial charge < -0.3 is 10.1 Å². The standard InChI is InChI=1S/C13H11NO3/c1-8-11(6-7-12(16)14-8)13(17)9-2-4-10(15)5-3-9/h2-7,15H,1H3,(H,14,16). The number of carbonyl (C=O) groups excluding carboxylic acids is 1. The highest BCUT2D eigenvalue weighted by molar-refractivity contribution is 6.09. The molecule has 86 valence electrons. The average Bonchev–Trinajstić information content (AvgIpc) is 2.29. The lowest BCUT2D eigenvalue weighted by Gasteiger charge is -2.04. The number of aromatic hydroxyl groups is 1. The largest absolute Gasteiger partial charge is 0.508 e. The number of phenols is 1. The van der Waals surface area contributed by atoms with E-state index in [2.05, 4.69) is 4.98 Å². The van der Waals surface area contributed by atoms with E-state index >= 15 is 0 Å². The number of carbonyl (C=O) groups is 1. The Morgan fingerprint density at radius 1 is 1.12 bits per heavy atom. The van der Waals surface area contributed by atoms with Gasteiger partial charge in [0.15, 0.2) is 5.78 Å². The maximum atomic E-state index is 12.1. The van der Waals surface area contributed by atoms with Crippen molar-refractivity contribution in [3.05, 3.63) is 63.6 Å². The van der Waals surface area contributed by atoms with Gasteiger partial charge in [-0.15, -0.1) is 0 Å². The lowest BCUT2D eigenvalue weighted by atomic mass is 10.0. The summed E-state index contributed by atoms with van der Waals surface area (Å²) in [5.74, 6) is -0.0708. The van der Waals surface area contributed by atoms with Crippen LogP contribution in [0, 0.1) is 6.92 Å². The van der Waals surface area contributed by atoms with Gasteiger partial charge in [0, 0.05) is 22.9 Å². The van der Waals surface area contributed by atoms with Crippen molar-refractivity contribution in [3.8, 4) is 5.75 Å². The van der Waals surface area contributed by atoms with Crippen molar-refractivity contribution in [2.45, 2.75) is 6.92 Å². The number of phenolic OH excluding ortho intramolecular Hbond substituents is 1. The molecular weight excluding hydrogens is 218 g/mol. The topological polar surface area (TPSA) is 70.2 Å². The Kier molecular flexibility index (Phi) is 2.78. The van der Waals surface area contributed by atoms with Crippen LogP contribution >= 0.6 is 0 Å². The van der Waals surface area contributed by atoms with Gasteiger partial charge in [-0.05, 0) is 37.3 Å². The second-order valence-corrected chi connectivity index (χ2v) is 3.74. The van der Waals surface area contributed by atoms with Crippen molar-refractivity contribution in [3.63, 3.8) is 0 Å². The second kappa shape index (κ2) is 4.25. The van der Waals surface area contributed by atoms with Gasteiger partial charge in [0.25, 0.3) is 0 Å². The number of pyridine rings is 1. The molecule has 0 saturated carbocycles. The number of benzene rings is 1. The van der Waals surface area contributed by atoms with E-state index in [9.17, 15) is 9.59 Å². The number of nitrogens with one attached hydrogen (secondary N) is 1. The molecule has 0 radical (unpaired) electrons. The Bertz CT molecular complexity index is 611. The molecular formula is C13H11NO3. The van der Waals surface area contributed by atoms with Gasteiger partial charge >= 0.3 is 0 Å². The first-order valence-corrected chi connectivity index (χ1v) is 5.11. The molecule has 0 aliphatic rings. The zero-order chi connectivity index (χ0) is 12.4. The van der Waals surface area contributed by atoms with Crippen LogP contribution in [0.4, 0.5) is 0 Å². The number of ketones is 1. The lowest BCUT2D eigenvalue weighted by Crippen LogP contribution is -2.11. The Morgan fingerprint density at radius 3 is 2.35 bits per heavy atom. The second-order valence-electron chi connectivity index (χ2n) is 3.74. The summed E-state index contributed by atoms with van der Waals surface area (Å²) in [7, 11) is 0. The third-order valence-electron chi connectivity index (χ3n) is 2.49. The van der Waals surface area contributed by atoms with Gasteiger partial charge in [-0.3, -0.25) is 9.59 Å². The molecule has 1 aromatic carbocycles. The van der Waals surface area contributed by atoms with E-state index in [1.54, 1.807) is 19.1 Å². The molecule has 0 aliphatic heterocycles. The molecule has 0 saturated heterocycles. The Hall–Kier alpha value is -2.36. The molecule has 4 heteroatoms. The van der Waals surface area contributed by atoms with E-state index in [0.29, 0.717) is 16.8 Å². The van der Waals surface area contributed by atoms with E-state index in [1.807, 2.05) is 0 Å². The number of hydrogen-bond donors (Lipinski definition) is 2. The summed E-state index contributed by atoms with van der Waals surface area (Å²) in [5.41, 5.74) is 1.23. The van der Waals surface area contributed by atoms with Gasteiger partial charge in [-0.25, -0.2) is 0 Å². The molecule has 17 heavy (non-hydrogen) atoms. The van der Waals surface area contributed by atoms with Crippen LogP contribution in [0.1, 0.15) is 21.6 Å². The molecule has 2 rings (SSSR count). The third-order valence-corrected chi connectivity index (χ3v) is 2.49. The van der Waals surface area contributed by atoms with Gasteiger partial charge in [0.1, 0.15) is 5.75 Å². The number of aromatic amines is 1. The summed E-state index contributed by atoms with van der Waals surface area (Å²) in [6.45, 7) is 1.68. The Morgan fingerprint density at radius 2 is 1.76 bits per heavy atom. The Balaban J connectivity index is 2.43. The summed E-state index contributed by atoms with van der Waals surface area (Å²) < 4.78 is 0. The predicted octanol–water partition coefficient (Wildman–Crippen LogP) is 1.62. The number of rotatable bonds is 2. The lowest BCUT2D eigenvalue weighted by molar-refractivity contribution is 0.103. The number of H-pyrrole nitrogens is 1. The minimum Gasteiger partial charge on any atom is -0.508 e. The monoisotopic (exact) mass is 229 g/mol. The summed E-state index contributed by atoms with van der Waals surface area (Å²) in [5, 5.41) is 9.14. The van der Waals surface area contributed by atoms with Gasteiger partial charge in [-0.1, -0.05) is 0 Å². The smallest absolute Gasteiger partial charge is 0.248 e. The highest BCUT2D eigenvalue weighted by Gasteiger charge is 2.11. The van der Waals surface area contributed by atoms with Crippen LogP contribution in [0.3, 0.4) is 0 Å². The molecule has 0 atom stereocenters. The molecule has 2 aromatic rings. The number of aromatic nitrogens is 1. The maximum absolute atomic E-state index is 12.1. The number of aryl methyl sites for hydroxylation is 1. The van der Waals surface area contributed by atoms with Crippen molar-refractivity contribution in [2.75, 3.05) is 0 Å². The summed E-state index contributed by atoms with van der Waals surface area (Å²) in [6, 6.07) is 8.82. The summed E-state index contributed by atoms with van der Waals surface area (Å²) in [6.07, 6.45) is 0. The maximum Gasteiger partial charge on any atom is 0.248 e. The van der Waals surface area contributed by atoms with Crippen LogP contribution in [-0.2, 0) is 0 Å². The fraction of sp³-hybridized carbons (Fsp3) is 0.0769. The highest BCUT2D eigenvalue weighted by atomic mass is 16.3. The van der Waals surface area contributed by atoms with E-state index in [1.165, 1.54) is 24.3 Å². The minimum atomic E-state index is -0.232. The Labute approximate surface area is 97.6 Å². The van der Waals surface area contributed by atoms with Crippen molar-refractivity contribution >= 4 is 5.78 Å². The minimum absolute atomic E-state index is 0.111. The molecule has 4 nitrogen and oxygen atoms in total. The van der Waals surface area contributed by atoms with Crippen LogP contribution in [0.25, 0.3) is 0 Å². The van der Waals surface area contributed by atoms with Crippen LogP contribution in [0.5, 0.6) is 5.75 Å². The van der Waals surface area contributed by atoms with Crippen molar-refractivity contribution in [2.24, 2.45) is 0 Å². The summed E-state index contributed by atoms with van der Waals surface area (Å²) >= 11 is 0. The van der Waals surface area contributed by atoms with Crippen LogP contribution in [-0.4, -0.2) is 15.9 Å². The molecule has 0 amide bonds.